The van der Waals surface area contributed by atoms with E-state index < -0.39 is 0 Å². The summed E-state index contributed by atoms with van der Waals surface area (Å²) in [5.41, 5.74) is 3.22. The fourth-order valence-electron chi connectivity index (χ4n) is 1.61. The van der Waals surface area contributed by atoms with Gasteiger partial charge in [0, 0.05) is 22.2 Å². The van der Waals surface area contributed by atoms with E-state index in [9.17, 15) is 9.90 Å². The number of nitrogens with one attached hydrogen (secondary N) is 1. The number of carbonyl (C=O) groups excluding carboxylic acids is 1. The monoisotopic (exact) mass is 304 g/mol. The molecule has 0 aliphatic rings. The molecule has 0 aromatic heterocycles. The Morgan fingerprint density at radius 3 is 2.81 bits per heavy atom. The summed E-state index contributed by atoms with van der Waals surface area (Å²) in [4.78, 5) is 11.8. The van der Waals surface area contributed by atoms with Crippen LogP contribution in [0.25, 0.3) is 0 Å². The fraction of sp³-hybridized carbons (Fsp3) is 0.0667. The summed E-state index contributed by atoms with van der Waals surface area (Å²) in [5.74, 6) is 0.157. The molecule has 2 rings (SSSR count). The van der Waals surface area contributed by atoms with Gasteiger partial charge in [-0.3, -0.25) is 4.79 Å². The van der Waals surface area contributed by atoms with Crippen LogP contribution in [0.15, 0.2) is 47.6 Å². The van der Waals surface area contributed by atoms with Gasteiger partial charge in [-0.15, -0.1) is 0 Å². The maximum Gasteiger partial charge on any atom is 0.271 e. The molecule has 0 saturated carbocycles. The van der Waals surface area contributed by atoms with Crippen molar-refractivity contribution in [1.29, 1.82) is 0 Å². The summed E-state index contributed by atoms with van der Waals surface area (Å²) < 4.78 is 4.97. The van der Waals surface area contributed by atoms with E-state index in [1.165, 1.54) is 25.5 Å². The molecule has 0 unspecified atom stereocenters. The van der Waals surface area contributed by atoms with E-state index in [0.717, 1.165) is 0 Å². The Balaban J connectivity index is 2.04. The molecular formula is C15H13ClN2O3. The molecule has 2 aromatic carbocycles. The number of methoxy groups -OCH3 is 1. The molecular weight excluding hydrogens is 292 g/mol. The van der Waals surface area contributed by atoms with Gasteiger partial charge >= 0.3 is 0 Å². The molecule has 108 valence electrons. The van der Waals surface area contributed by atoms with Crippen LogP contribution in [-0.2, 0) is 0 Å². The SMILES string of the molecule is COc1ccc(C=NNC(=O)c2cccc(Cl)c2)c(O)c1. The standard InChI is InChI=1S/C15H13ClN2O3/c1-21-13-6-5-11(14(19)8-13)9-17-18-15(20)10-3-2-4-12(16)7-10/h2-9,19H,1H3,(H,18,20). The van der Waals surface area contributed by atoms with Gasteiger partial charge in [0.25, 0.3) is 5.91 Å². The van der Waals surface area contributed by atoms with E-state index in [0.29, 0.717) is 21.9 Å². The molecule has 0 spiro atoms. The number of phenols is 1. The molecule has 21 heavy (non-hydrogen) atoms. The first-order chi connectivity index (χ1) is 10.1. The Hall–Kier alpha value is -2.53. The third kappa shape index (κ3) is 3.97. The van der Waals surface area contributed by atoms with Crippen LogP contribution in [0.1, 0.15) is 15.9 Å². The second-order valence-electron chi connectivity index (χ2n) is 4.13. The first kappa shape index (κ1) is 14.9. The molecule has 0 saturated heterocycles. The average molecular weight is 305 g/mol. The third-order valence-corrected chi connectivity index (χ3v) is 2.93. The number of nitrogens with zero attached hydrogens (tertiary/aromatic N) is 1. The lowest BCUT2D eigenvalue weighted by Crippen LogP contribution is -2.17. The number of phenolic OH excluding ortho intramolecular Hbond substituents is 1. The van der Waals surface area contributed by atoms with Gasteiger partial charge in [-0.1, -0.05) is 17.7 Å². The van der Waals surface area contributed by atoms with Crippen LogP contribution in [-0.4, -0.2) is 24.3 Å². The van der Waals surface area contributed by atoms with Gasteiger partial charge in [-0.2, -0.15) is 5.10 Å². The van der Waals surface area contributed by atoms with Crippen LogP contribution in [0, 0.1) is 0 Å². The number of benzene rings is 2. The van der Waals surface area contributed by atoms with Gasteiger partial charge < -0.3 is 9.84 Å². The highest BCUT2D eigenvalue weighted by Gasteiger charge is 2.04. The minimum atomic E-state index is -0.387. The highest BCUT2D eigenvalue weighted by Crippen LogP contribution is 2.21. The van der Waals surface area contributed by atoms with E-state index in [4.69, 9.17) is 16.3 Å². The lowest BCUT2D eigenvalue weighted by molar-refractivity contribution is 0.0955. The van der Waals surface area contributed by atoms with Crippen molar-refractivity contribution in [2.24, 2.45) is 5.10 Å². The van der Waals surface area contributed by atoms with E-state index in [1.54, 1.807) is 30.3 Å². The number of rotatable bonds is 4. The zero-order chi connectivity index (χ0) is 15.2. The molecule has 0 bridgehead atoms. The highest BCUT2D eigenvalue weighted by atomic mass is 35.5. The van der Waals surface area contributed by atoms with Gasteiger partial charge in [-0.05, 0) is 30.3 Å². The van der Waals surface area contributed by atoms with Crippen molar-refractivity contribution in [3.8, 4) is 11.5 Å². The van der Waals surface area contributed by atoms with Crippen LogP contribution in [0.3, 0.4) is 0 Å². The largest absolute Gasteiger partial charge is 0.507 e. The van der Waals surface area contributed by atoms with Crippen molar-refractivity contribution < 1.29 is 14.6 Å². The smallest absolute Gasteiger partial charge is 0.271 e. The summed E-state index contributed by atoms with van der Waals surface area (Å²) in [7, 11) is 1.51. The number of ether oxygens (including phenoxy) is 1. The second-order valence-corrected chi connectivity index (χ2v) is 4.57. The Morgan fingerprint density at radius 1 is 1.33 bits per heavy atom. The first-order valence-corrected chi connectivity index (χ1v) is 6.44. The van der Waals surface area contributed by atoms with Gasteiger partial charge in [0.2, 0.25) is 0 Å². The zero-order valence-corrected chi connectivity index (χ0v) is 12.0. The quantitative estimate of drug-likeness (QED) is 0.674. The molecule has 0 aliphatic heterocycles. The molecule has 6 heteroatoms. The lowest BCUT2D eigenvalue weighted by atomic mass is 10.2. The molecule has 1 amide bonds. The number of aromatic hydroxyl groups is 1. The highest BCUT2D eigenvalue weighted by molar-refractivity contribution is 6.30. The number of hydrogen-bond donors (Lipinski definition) is 2. The van der Waals surface area contributed by atoms with Crippen molar-refractivity contribution in [2.75, 3.05) is 7.11 Å². The molecule has 0 fully saturated rings. The van der Waals surface area contributed by atoms with Crippen LogP contribution < -0.4 is 10.2 Å². The Labute approximate surface area is 126 Å². The summed E-state index contributed by atoms with van der Waals surface area (Å²) in [6, 6.07) is 11.3. The Bertz CT molecular complexity index is 686. The number of hydrazone groups is 1. The van der Waals surface area contributed by atoms with E-state index in [-0.39, 0.29) is 11.7 Å². The van der Waals surface area contributed by atoms with E-state index in [2.05, 4.69) is 10.5 Å². The molecule has 0 radical (unpaired) electrons. The van der Waals surface area contributed by atoms with Crippen LogP contribution >= 0.6 is 11.6 Å². The predicted octanol–water partition coefficient (Wildman–Crippen LogP) is 2.82. The zero-order valence-electron chi connectivity index (χ0n) is 11.2. The van der Waals surface area contributed by atoms with Crippen molar-refractivity contribution in [1.82, 2.24) is 5.43 Å². The van der Waals surface area contributed by atoms with Crippen molar-refractivity contribution >= 4 is 23.7 Å². The summed E-state index contributed by atoms with van der Waals surface area (Å²) >= 11 is 5.80. The summed E-state index contributed by atoms with van der Waals surface area (Å²) in [6.45, 7) is 0. The van der Waals surface area contributed by atoms with E-state index >= 15 is 0 Å². The average Bonchev–Trinajstić information content (AvgIpc) is 2.48. The molecule has 0 aliphatic carbocycles. The first-order valence-electron chi connectivity index (χ1n) is 6.06. The number of halogens is 1. The maximum absolute atomic E-state index is 11.8. The van der Waals surface area contributed by atoms with Crippen LogP contribution in [0.4, 0.5) is 0 Å². The van der Waals surface area contributed by atoms with Crippen LogP contribution in [0.5, 0.6) is 11.5 Å². The fourth-order valence-corrected chi connectivity index (χ4v) is 1.80. The van der Waals surface area contributed by atoms with Gasteiger partial charge in [0.1, 0.15) is 11.5 Å². The third-order valence-electron chi connectivity index (χ3n) is 2.69. The van der Waals surface area contributed by atoms with Crippen molar-refractivity contribution in [2.45, 2.75) is 0 Å². The number of amides is 1. The molecule has 0 atom stereocenters. The molecule has 2 N–H and O–H groups in total. The van der Waals surface area contributed by atoms with Crippen molar-refractivity contribution in [3.05, 3.63) is 58.6 Å². The van der Waals surface area contributed by atoms with Crippen molar-refractivity contribution in [3.63, 3.8) is 0 Å². The predicted molar refractivity (Wildman–Crippen MR) is 81.2 cm³/mol. The minimum absolute atomic E-state index is 0.00936. The normalized spacial score (nSPS) is 10.6. The summed E-state index contributed by atoms with van der Waals surface area (Å²) in [5, 5.41) is 14.0. The van der Waals surface area contributed by atoms with Gasteiger partial charge in [0.15, 0.2) is 0 Å². The van der Waals surface area contributed by atoms with E-state index in [1.807, 2.05) is 0 Å². The molecule has 5 nitrogen and oxygen atoms in total. The second kappa shape index (κ2) is 6.76. The Kier molecular flexibility index (Phi) is 4.79. The van der Waals surface area contributed by atoms with Gasteiger partial charge in [-0.25, -0.2) is 5.43 Å². The molecule has 2 aromatic rings. The summed E-state index contributed by atoms with van der Waals surface area (Å²) in [6.07, 6.45) is 1.34. The van der Waals surface area contributed by atoms with Crippen LogP contribution in [0.2, 0.25) is 5.02 Å². The maximum atomic E-state index is 11.8. The molecule has 0 heterocycles. The lowest BCUT2D eigenvalue weighted by Gasteiger charge is -2.03. The number of hydrogen-bond acceptors (Lipinski definition) is 4. The Morgan fingerprint density at radius 2 is 2.14 bits per heavy atom. The minimum Gasteiger partial charge on any atom is -0.507 e. The number of carbonyl (C=O) groups is 1. The topological polar surface area (TPSA) is 70.9 Å². The van der Waals surface area contributed by atoms with Gasteiger partial charge in [0.05, 0.1) is 13.3 Å².